The summed E-state index contributed by atoms with van der Waals surface area (Å²) in [6.07, 6.45) is 4.88. The SMILES string of the molecule is COCc1nc(CN2C[C@H]3CC=C(C)C[C@H]3C2)no1. The summed E-state index contributed by atoms with van der Waals surface area (Å²) in [5.74, 6) is 2.96. The van der Waals surface area contributed by atoms with Crippen LogP contribution in [0.4, 0.5) is 0 Å². The van der Waals surface area contributed by atoms with Gasteiger partial charge in [0.15, 0.2) is 5.82 Å². The maximum atomic E-state index is 5.13. The third-order valence-corrected chi connectivity index (χ3v) is 4.15. The first kappa shape index (κ1) is 12.8. The van der Waals surface area contributed by atoms with Gasteiger partial charge >= 0.3 is 0 Å². The highest BCUT2D eigenvalue weighted by Gasteiger charge is 2.34. The van der Waals surface area contributed by atoms with E-state index in [0.29, 0.717) is 12.5 Å². The van der Waals surface area contributed by atoms with Crippen molar-refractivity contribution in [2.45, 2.75) is 32.9 Å². The van der Waals surface area contributed by atoms with Crippen LogP contribution in [0.15, 0.2) is 16.2 Å². The molecular weight excluding hydrogens is 242 g/mol. The van der Waals surface area contributed by atoms with Gasteiger partial charge in [-0.3, -0.25) is 4.90 Å². The van der Waals surface area contributed by atoms with Crippen molar-refractivity contribution in [1.82, 2.24) is 15.0 Å². The van der Waals surface area contributed by atoms with Gasteiger partial charge < -0.3 is 9.26 Å². The van der Waals surface area contributed by atoms with E-state index < -0.39 is 0 Å². The van der Waals surface area contributed by atoms with Gasteiger partial charge in [0, 0.05) is 20.2 Å². The van der Waals surface area contributed by atoms with Crippen LogP contribution in [0.2, 0.25) is 0 Å². The van der Waals surface area contributed by atoms with Gasteiger partial charge in [-0.25, -0.2) is 0 Å². The number of nitrogens with zero attached hydrogens (tertiary/aromatic N) is 3. The van der Waals surface area contributed by atoms with Crippen LogP contribution >= 0.6 is 0 Å². The minimum absolute atomic E-state index is 0.390. The van der Waals surface area contributed by atoms with Crippen LogP contribution in [0.1, 0.15) is 31.5 Å². The molecule has 0 bridgehead atoms. The van der Waals surface area contributed by atoms with Crippen molar-refractivity contribution in [2.24, 2.45) is 11.8 Å². The van der Waals surface area contributed by atoms with Crippen LogP contribution in [-0.2, 0) is 17.9 Å². The van der Waals surface area contributed by atoms with Crippen LogP contribution in [0.5, 0.6) is 0 Å². The highest BCUT2D eigenvalue weighted by atomic mass is 16.5. The molecule has 1 aromatic heterocycles. The van der Waals surface area contributed by atoms with E-state index in [1.165, 1.54) is 12.8 Å². The van der Waals surface area contributed by atoms with E-state index in [9.17, 15) is 0 Å². The number of aromatic nitrogens is 2. The van der Waals surface area contributed by atoms with Crippen molar-refractivity contribution in [3.8, 4) is 0 Å². The Bertz CT molecular complexity index is 469. The molecule has 0 unspecified atom stereocenters. The Morgan fingerprint density at radius 2 is 2.26 bits per heavy atom. The highest BCUT2D eigenvalue weighted by molar-refractivity contribution is 5.08. The zero-order valence-electron chi connectivity index (χ0n) is 11.6. The van der Waals surface area contributed by atoms with E-state index in [1.54, 1.807) is 12.7 Å². The van der Waals surface area contributed by atoms with Gasteiger partial charge in [0.1, 0.15) is 6.61 Å². The molecule has 2 aliphatic rings. The highest BCUT2D eigenvalue weighted by Crippen LogP contribution is 2.35. The Hall–Kier alpha value is -1.20. The number of likely N-dealkylation sites (tertiary alicyclic amines) is 1. The molecule has 1 aliphatic heterocycles. The summed E-state index contributed by atoms with van der Waals surface area (Å²) >= 11 is 0. The van der Waals surface area contributed by atoms with E-state index in [2.05, 4.69) is 28.0 Å². The molecular formula is C14H21N3O2. The van der Waals surface area contributed by atoms with E-state index in [4.69, 9.17) is 9.26 Å². The van der Waals surface area contributed by atoms with Gasteiger partial charge in [0.25, 0.3) is 5.89 Å². The van der Waals surface area contributed by atoms with Crippen molar-refractivity contribution in [3.05, 3.63) is 23.4 Å². The molecule has 1 aromatic rings. The second-order valence-electron chi connectivity index (χ2n) is 5.74. The zero-order valence-corrected chi connectivity index (χ0v) is 11.6. The molecule has 19 heavy (non-hydrogen) atoms. The lowest BCUT2D eigenvalue weighted by Gasteiger charge is -2.22. The Morgan fingerprint density at radius 3 is 3.11 bits per heavy atom. The lowest BCUT2D eigenvalue weighted by molar-refractivity contribution is 0.151. The van der Waals surface area contributed by atoms with Crippen molar-refractivity contribution in [3.63, 3.8) is 0 Å². The molecule has 3 rings (SSSR count). The van der Waals surface area contributed by atoms with Gasteiger partial charge in [0.2, 0.25) is 0 Å². The lowest BCUT2D eigenvalue weighted by Crippen LogP contribution is -2.21. The number of ether oxygens (including phenoxy) is 1. The molecule has 2 atom stereocenters. The first-order valence-corrected chi connectivity index (χ1v) is 6.93. The average molecular weight is 263 g/mol. The molecule has 2 heterocycles. The molecule has 1 fully saturated rings. The maximum absolute atomic E-state index is 5.13. The number of hydrogen-bond donors (Lipinski definition) is 0. The van der Waals surface area contributed by atoms with E-state index in [0.717, 1.165) is 37.3 Å². The van der Waals surface area contributed by atoms with E-state index in [1.807, 2.05) is 0 Å². The minimum atomic E-state index is 0.390. The summed E-state index contributed by atoms with van der Waals surface area (Å²) in [6.45, 7) is 5.74. The third kappa shape index (κ3) is 2.87. The Morgan fingerprint density at radius 1 is 1.42 bits per heavy atom. The predicted molar refractivity (Wildman–Crippen MR) is 70.3 cm³/mol. The zero-order chi connectivity index (χ0) is 13.2. The fourth-order valence-corrected chi connectivity index (χ4v) is 3.25. The molecule has 1 aliphatic carbocycles. The first-order valence-electron chi connectivity index (χ1n) is 6.93. The summed E-state index contributed by atoms with van der Waals surface area (Å²) in [5, 5.41) is 4.01. The molecule has 0 spiro atoms. The fraction of sp³-hybridized carbons (Fsp3) is 0.714. The molecule has 104 valence electrons. The fourth-order valence-electron chi connectivity index (χ4n) is 3.25. The molecule has 5 nitrogen and oxygen atoms in total. The molecule has 0 aromatic carbocycles. The van der Waals surface area contributed by atoms with Crippen molar-refractivity contribution in [2.75, 3.05) is 20.2 Å². The van der Waals surface area contributed by atoms with Crippen LogP contribution in [0, 0.1) is 11.8 Å². The van der Waals surface area contributed by atoms with Crippen molar-refractivity contribution >= 4 is 0 Å². The summed E-state index contributed by atoms with van der Waals surface area (Å²) in [6, 6.07) is 0. The van der Waals surface area contributed by atoms with E-state index >= 15 is 0 Å². The smallest absolute Gasteiger partial charge is 0.252 e. The number of hydrogen-bond acceptors (Lipinski definition) is 5. The van der Waals surface area contributed by atoms with Crippen LogP contribution in [0.3, 0.4) is 0 Å². The number of fused-ring (bicyclic) bond motifs is 1. The summed E-state index contributed by atoms with van der Waals surface area (Å²) in [7, 11) is 1.63. The monoisotopic (exact) mass is 263 g/mol. The molecule has 0 amide bonds. The van der Waals surface area contributed by atoms with Gasteiger partial charge in [0.05, 0.1) is 6.54 Å². The molecule has 0 N–H and O–H groups in total. The lowest BCUT2D eigenvalue weighted by atomic mass is 9.83. The molecule has 0 radical (unpaired) electrons. The minimum Gasteiger partial charge on any atom is -0.375 e. The normalized spacial score (nSPS) is 27.4. The maximum Gasteiger partial charge on any atom is 0.252 e. The second kappa shape index (κ2) is 5.43. The topological polar surface area (TPSA) is 51.4 Å². The number of rotatable bonds is 4. The second-order valence-corrected chi connectivity index (χ2v) is 5.74. The van der Waals surface area contributed by atoms with Crippen LogP contribution in [0.25, 0.3) is 0 Å². The summed E-state index contributed by atoms with van der Waals surface area (Å²) < 4.78 is 10.1. The van der Waals surface area contributed by atoms with Gasteiger partial charge in [-0.2, -0.15) is 4.98 Å². The summed E-state index contributed by atoms with van der Waals surface area (Å²) in [4.78, 5) is 6.79. The number of methoxy groups -OCH3 is 1. The quantitative estimate of drug-likeness (QED) is 0.778. The van der Waals surface area contributed by atoms with Crippen LogP contribution in [-0.4, -0.2) is 35.2 Å². The van der Waals surface area contributed by atoms with E-state index in [-0.39, 0.29) is 0 Å². The van der Waals surface area contributed by atoms with Gasteiger partial charge in [-0.05, 0) is 31.6 Å². The predicted octanol–water partition coefficient (Wildman–Crippen LogP) is 2.00. The van der Waals surface area contributed by atoms with Crippen LogP contribution < -0.4 is 0 Å². The average Bonchev–Trinajstić information content (AvgIpc) is 2.96. The molecule has 1 saturated heterocycles. The largest absolute Gasteiger partial charge is 0.375 e. The third-order valence-electron chi connectivity index (χ3n) is 4.15. The van der Waals surface area contributed by atoms with Gasteiger partial charge in [-0.1, -0.05) is 16.8 Å². The molecule has 0 saturated carbocycles. The van der Waals surface area contributed by atoms with Crippen molar-refractivity contribution < 1.29 is 9.26 Å². The Labute approximate surface area is 113 Å². The molecule has 5 heteroatoms. The first-order chi connectivity index (χ1) is 9.24. The summed E-state index contributed by atoms with van der Waals surface area (Å²) in [5.41, 5.74) is 1.55. The Balaban J connectivity index is 1.57. The number of allylic oxidation sites excluding steroid dienone is 2. The van der Waals surface area contributed by atoms with Crippen molar-refractivity contribution in [1.29, 1.82) is 0 Å². The standard InChI is InChI=1S/C14H21N3O2/c1-10-3-4-11-6-17(7-12(11)5-10)8-13-15-14(9-18-2)19-16-13/h3,11-12H,4-9H2,1-2H3/t11-,12+/m1/s1. The Kier molecular flexibility index (Phi) is 3.66. The van der Waals surface area contributed by atoms with Gasteiger partial charge in [-0.15, -0.1) is 0 Å².